The van der Waals surface area contributed by atoms with E-state index in [1.165, 1.54) is 11.9 Å². The molecule has 7 heteroatoms. The van der Waals surface area contributed by atoms with Crippen LogP contribution < -0.4 is 11.1 Å². The van der Waals surface area contributed by atoms with Gasteiger partial charge in [0.2, 0.25) is 0 Å². The molecule has 3 N–H and O–H groups in total. The molecular weight excluding hydrogens is 256 g/mol. The van der Waals surface area contributed by atoms with Crippen LogP contribution in [0.2, 0.25) is 0 Å². The van der Waals surface area contributed by atoms with E-state index in [2.05, 4.69) is 30.5 Å². The molecule has 0 aliphatic carbocycles. The Hall–Kier alpha value is -2.96. The average molecular weight is 268 g/mol. The largest absolute Gasteiger partial charge is 0.348 e. The van der Waals surface area contributed by atoms with E-state index in [9.17, 15) is 4.79 Å². The van der Waals surface area contributed by atoms with Crippen LogP contribution in [0, 0.1) is 6.92 Å². The standard InChI is InChI=1S/C13H12N6O/c1-8-2-4-9(5-3-8)6-16-19-12-10-11(15-7-14-10)17-13(20)18-12/h2-7H,1H3,(H3,14,15,17,18,19,20)/b16-6+. The van der Waals surface area contributed by atoms with Crippen molar-refractivity contribution in [2.45, 2.75) is 6.92 Å². The van der Waals surface area contributed by atoms with Crippen LogP contribution in [0.4, 0.5) is 5.82 Å². The second-order valence-corrected chi connectivity index (χ2v) is 4.30. The van der Waals surface area contributed by atoms with E-state index in [-0.39, 0.29) is 0 Å². The van der Waals surface area contributed by atoms with Crippen molar-refractivity contribution in [3.8, 4) is 0 Å². The van der Waals surface area contributed by atoms with Crippen molar-refractivity contribution in [3.63, 3.8) is 0 Å². The smallest absolute Gasteiger partial charge is 0.340 e. The summed E-state index contributed by atoms with van der Waals surface area (Å²) < 4.78 is 0. The quantitative estimate of drug-likeness (QED) is 0.494. The Morgan fingerprint density at radius 3 is 2.90 bits per heavy atom. The highest BCUT2D eigenvalue weighted by atomic mass is 16.1. The van der Waals surface area contributed by atoms with Crippen LogP contribution in [0.15, 0.2) is 40.5 Å². The van der Waals surface area contributed by atoms with Gasteiger partial charge in [-0.15, -0.1) is 0 Å². The molecule has 0 saturated heterocycles. The van der Waals surface area contributed by atoms with Crippen LogP contribution in [0.3, 0.4) is 0 Å². The molecule has 0 saturated carbocycles. The van der Waals surface area contributed by atoms with Crippen molar-refractivity contribution < 1.29 is 0 Å². The summed E-state index contributed by atoms with van der Waals surface area (Å²) in [6.07, 6.45) is 3.14. The fourth-order valence-corrected chi connectivity index (χ4v) is 1.76. The number of aromatic nitrogens is 4. The molecule has 0 bridgehead atoms. The number of rotatable bonds is 3. The molecule has 20 heavy (non-hydrogen) atoms. The first kappa shape index (κ1) is 12.1. The number of H-pyrrole nitrogens is 2. The van der Waals surface area contributed by atoms with Crippen LogP contribution in [-0.2, 0) is 0 Å². The molecule has 0 atom stereocenters. The topological polar surface area (TPSA) is 98.8 Å². The molecule has 0 aliphatic rings. The van der Waals surface area contributed by atoms with Gasteiger partial charge in [-0.3, -0.25) is 10.4 Å². The molecule has 3 aromatic rings. The summed E-state index contributed by atoms with van der Waals surface area (Å²) in [7, 11) is 0. The van der Waals surface area contributed by atoms with Crippen LogP contribution in [0.5, 0.6) is 0 Å². The fourth-order valence-electron chi connectivity index (χ4n) is 1.76. The first-order chi connectivity index (χ1) is 9.72. The molecule has 1 aromatic carbocycles. The fraction of sp³-hybridized carbons (Fsp3) is 0.0769. The van der Waals surface area contributed by atoms with Crippen molar-refractivity contribution in [2.75, 3.05) is 5.43 Å². The van der Waals surface area contributed by atoms with Crippen molar-refractivity contribution >= 4 is 23.2 Å². The summed E-state index contributed by atoms with van der Waals surface area (Å²) >= 11 is 0. The molecule has 0 unspecified atom stereocenters. The maximum Gasteiger partial charge on any atom is 0.348 e. The summed E-state index contributed by atoms with van der Waals surface area (Å²) in [5.74, 6) is 0.431. The number of hydrogen-bond acceptors (Lipinski definition) is 5. The lowest BCUT2D eigenvalue weighted by Gasteiger charge is -2.00. The first-order valence-corrected chi connectivity index (χ1v) is 6.01. The molecule has 2 aromatic heterocycles. The van der Waals surface area contributed by atoms with Gasteiger partial charge in [-0.2, -0.15) is 10.1 Å². The minimum absolute atomic E-state index is 0.349. The number of aromatic amines is 2. The van der Waals surface area contributed by atoms with Gasteiger partial charge >= 0.3 is 5.69 Å². The highest BCUT2D eigenvalue weighted by molar-refractivity contribution is 5.84. The minimum Gasteiger partial charge on any atom is -0.340 e. The van der Waals surface area contributed by atoms with Crippen LogP contribution in [0.1, 0.15) is 11.1 Å². The molecule has 3 rings (SSSR count). The Bertz CT molecular complexity index is 815. The zero-order valence-corrected chi connectivity index (χ0v) is 10.7. The average Bonchev–Trinajstić information content (AvgIpc) is 2.89. The maximum absolute atomic E-state index is 11.4. The second-order valence-electron chi connectivity index (χ2n) is 4.30. The third-order valence-electron chi connectivity index (χ3n) is 2.78. The minimum atomic E-state index is -0.474. The molecule has 7 nitrogen and oxygen atoms in total. The van der Waals surface area contributed by atoms with Gasteiger partial charge in [0.1, 0.15) is 5.52 Å². The van der Waals surface area contributed by atoms with Crippen molar-refractivity contribution in [3.05, 3.63) is 52.2 Å². The van der Waals surface area contributed by atoms with Crippen LogP contribution in [0.25, 0.3) is 11.2 Å². The SMILES string of the molecule is Cc1ccc(/C=N/Nc2[nH]c(=O)nc3nc[nH]c23)cc1. The van der Waals surface area contributed by atoms with Crippen LogP contribution in [-0.4, -0.2) is 26.2 Å². The Morgan fingerprint density at radius 2 is 2.10 bits per heavy atom. The lowest BCUT2D eigenvalue weighted by atomic mass is 10.2. The van der Waals surface area contributed by atoms with Gasteiger partial charge in [0.05, 0.1) is 12.5 Å². The van der Waals surface area contributed by atoms with E-state index >= 15 is 0 Å². The zero-order valence-electron chi connectivity index (χ0n) is 10.7. The predicted octanol–water partition coefficient (Wildman–Crippen LogP) is 1.40. The van der Waals surface area contributed by atoms with Gasteiger partial charge in [-0.05, 0) is 12.5 Å². The summed E-state index contributed by atoms with van der Waals surface area (Å²) in [6.45, 7) is 2.02. The van der Waals surface area contributed by atoms with E-state index in [0.717, 1.165) is 5.56 Å². The van der Waals surface area contributed by atoms with Crippen molar-refractivity contribution in [1.82, 2.24) is 19.9 Å². The number of imidazole rings is 1. The number of aryl methyl sites for hydroxylation is 1. The highest BCUT2D eigenvalue weighted by Crippen LogP contribution is 2.12. The monoisotopic (exact) mass is 268 g/mol. The number of nitrogens with one attached hydrogen (secondary N) is 3. The number of anilines is 1. The van der Waals surface area contributed by atoms with E-state index in [0.29, 0.717) is 17.0 Å². The van der Waals surface area contributed by atoms with Gasteiger partial charge in [0.15, 0.2) is 11.5 Å². The van der Waals surface area contributed by atoms with Gasteiger partial charge in [-0.25, -0.2) is 9.78 Å². The van der Waals surface area contributed by atoms with E-state index in [1.807, 2.05) is 31.2 Å². The zero-order chi connectivity index (χ0) is 13.9. The van der Waals surface area contributed by atoms with Gasteiger partial charge < -0.3 is 4.98 Å². The summed E-state index contributed by atoms with van der Waals surface area (Å²) in [5.41, 5.74) is 5.40. The molecule has 0 amide bonds. The third-order valence-corrected chi connectivity index (χ3v) is 2.78. The Labute approximate surface area is 113 Å². The van der Waals surface area contributed by atoms with Gasteiger partial charge in [-0.1, -0.05) is 29.8 Å². The van der Waals surface area contributed by atoms with Crippen molar-refractivity contribution in [1.29, 1.82) is 0 Å². The lowest BCUT2D eigenvalue weighted by Crippen LogP contribution is -2.12. The number of fused-ring (bicyclic) bond motifs is 1. The number of hydrogen-bond donors (Lipinski definition) is 3. The molecule has 0 aliphatic heterocycles. The number of benzene rings is 1. The third kappa shape index (κ3) is 2.41. The van der Waals surface area contributed by atoms with Crippen molar-refractivity contribution in [2.24, 2.45) is 5.10 Å². The first-order valence-electron chi connectivity index (χ1n) is 6.01. The normalized spacial score (nSPS) is 11.2. The molecule has 100 valence electrons. The Balaban J connectivity index is 1.84. The summed E-state index contributed by atoms with van der Waals surface area (Å²) in [4.78, 5) is 24.5. The second kappa shape index (κ2) is 4.96. The van der Waals surface area contributed by atoms with Gasteiger partial charge in [0.25, 0.3) is 0 Å². The van der Waals surface area contributed by atoms with Gasteiger partial charge in [0, 0.05) is 0 Å². The maximum atomic E-state index is 11.4. The van der Waals surface area contributed by atoms with E-state index in [4.69, 9.17) is 0 Å². The molecule has 0 radical (unpaired) electrons. The Kier molecular flexibility index (Phi) is 3.00. The molecule has 0 fully saturated rings. The summed E-state index contributed by atoms with van der Waals surface area (Å²) in [5, 5.41) is 4.09. The lowest BCUT2D eigenvalue weighted by molar-refractivity contribution is 1.09. The van der Waals surface area contributed by atoms with Crippen LogP contribution >= 0.6 is 0 Å². The van der Waals surface area contributed by atoms with E-state index in [1.54, 1.807) is 6.21 Å². The summed E-state index contributed by atoms with van der Waals surface area (Å²) in [6, 6.07) is 7.93. The molecular formula is C13H12N6O. The van der Waals surface area contributed by atoms with E-state index < -0.39 is 5.69 Å². The predicted molar refractivity (Wildman–Crippen MR) is 76.9 cm³/mol. The molecule has 2 heterocycles. The molecule has 0 spiro atoms. The number of hydrazone groups is 1. The highest BCUT2D eigenvalue weighted by Gasteiger charge is 2.05. The Morgan fingerprint density at radius 1 is 1.30 bits per heavy atom. The number of nitrogens with zero attached hydrogens (tertiary/aromatic N) is 3.